The van der Waals surface area contributed by atoms with Crippen LogP contribution in [0.3, 0.4) is 0 Å². The van der Waals surface area contributed by atoms with Crippen molar-refractivity contribution in [3.63, 3.8) is 0 Å². The third-order valence-corrected chi connectivity index (χ3v) is 6.20. The first-order chi connectivity index (χ1) is 9.93. The van der Waals surface area contributed by atoms with Crippen LogP contribution >= 0.6 is 23.5 Å². The van der Waals surface area contributed by atoms with Crippen LogP contribution in [0, 0.1) is 0 Å². The molecule has 0 fully saturated rings. The molecule has 0 saturated heterocycles. The molecule has 2 aliphatic rings. The van der Waals surface area contributed by atoms with Crippen molar-refractivity contribution in [1.82, 2.24) is 0 Å². The van der Waals surface area contributed by atoms with Gasteiger partial charge in [-0.2, -0.15) is 9.13 Å². The Balaban J connectivity index is 1.90. The Kier molecular flexibility index (Phi) is 3.44. The van der Waals surface area contributed by atoms with Crippen LogP contribution in [0.1, 0.15) is 12.8 Å². The maximum atomic E-state index is 2.50. The third kappa shape index (κ3) is 2.15. The van der Waals surface area contributed by atoms with E-state index in [2.05, 4.69) is 45.5 Å². The number of aromatic nitrogens is 2. The Hall–Kier alpha value is -1.00. The van der Waals surface area contributed by atoms with Crippen LogP contribution in [0.25, 0.3) is 11.4 Å². The Labute approximate surface area is 128 Å². The quantitative estimate of drug-likeness (QED) is 0.748. The number of hydrogen-bond acceptors (Lipinski definition) is 2. The van der Waals surface area contributed by atoms with Gasteiger partial charge in [0.05, 0.1) is 0 Å². The summed E-state index contributed by atoms with van der Waals surface area (Å²) in [5.41, 5.74) is 2.75. The lowest BCUT2D eigenvalue weighted by atomic mass is 10.2. The molecule has 2 aromatic rings. The Morgan fingerprint density at radius 1 is 0.700 bits per heavy atom. The zero-order valence-electron chi connectivity index (χ0n) is 11.4. The van der Waals surface area contributed by atoms with Crippen LogP contribution in [0.4, 0.5) is 0 Å². The second kappa shape index (κ2) is 5.41. The molecule has 0 bridgehead atoms. The predicted molar refractivity (Wildman–Crippen MR) is 83.0 cm³/mol. The highest BCUT2D eigenvalue weighted by molar-refractivity contribution is 7.99. The van der Waals surface area contributed by atoms with Crippen molar-refractivity contribution in [2.24, 2.45) is 0 Å². The van der Waals surface area contributed by atoms with Crippen LogP contribution in [0.5, 0.6) is 0 Å². The third-order valence-electron chi connectivity index (χ3n) is 3.91. The van der Waals surface area contributed by atoms with Gasteiger partial charge < -0.3 is 0 Å². The van der Waals surface area contributed by atoms with Crippen molar-refractivity contribution in [2.45, 2.75) is 36.0 Å². The first kappa shape index (κ1) is 12.7. The van der Waals surface area contributed by atoms with Crippen molar-refractivity contribution in [2.75, 3.05) is 11.5 Å². The maximum absolute atomic E-state index is 2.50. The van der Waals surface area contributed by atoms with Gasteiger partial charge in [-0.05, 0) is 12.1 Å². The molecule has 2 nitrogen and oxygen atoms in total. The molecule has 0 amide bonds. The van der Waals surface area contributed by atoms with E-state index in [1.165, 1.54) is 45.8 Å². The first-order valence-electron chi connectivity index (χ1n) is 7.25. The zero-order chi connectivity index (χ0) is 13.4. The summed E-state index contributed by atoms with van der Waals surface area (Å²) < 4.78 is 4.99. The van der Waals surface area contributed by atoms with Gasteiger partial charge in [-0.1, -0.05) is 23.5 Å². The summed E-state index contributed by atoms with van der Waals surface area (Å²) in [5.74, 6) is 2.50. The maximum Gasteiger partial charge on any atom is 0.278 e. The highest BCUT2D eigenvalue weighted by atomic mass is 32.2. The van der Waals surface area contributed by atoms with E-state index in [1.54, 1.807) is 0 Å². The van der Waals surface area contributed by atoms with Crippen molar-refractivity contribution in [3.8, 4) is 11.4 Å². The van der Waals surface area contributed by atoms with Crippen LogP contribution < -0.4 is 9.13 Å². The van der Waals surface area contributed by atoms with E-state index in [4.69, 9.17) is 0 Å². The number of nitrogens with zero attached hydrogens (tertiary/aromatic N) is 2. The molecular weight excluding hydrogens is 284 g/mol. The zero-order valence-corrected chi connectivity index (χ0v) is 13.1. The Bertz CT molecular complexity index is 597. The summed E-state index contributed by atoms with van der Waals surface area (Å²) in [7, 11) is 0. The minimum Gasteiger partial charge on any atom is -0.181 e. The van der Waals surface area contributed by atoms with Gasteiger partial charge in [0.25, 0.3) is 11.4 Å². The summed E-state index contributed by atoms with van der Waals surface area (Å²) >= 11 is 3.97. The molecule has 20 heavy (non-hydrogen) atoms. The molecule has 2 aliphatic heterocycles. The number of thioether (sulfide) groups is 2. The minimum atomic E-state index is 1.15. The van der Waals surface area contributed by atoms with Crippen molar-refractivity contribution in [1.29, 1.82) is 0 Å². The molecule has 0 aromatic carbocycles. The van der Waals surface area contributed by atoms with Crippen molar-refractivity contribution < 1.29 is 9.13 Å². The van der Waals surface area contributed by atoms with Gasteiger partial charge in [0.2, 0.25) is 10.1 Å². The summed E-state index contributed by atoms with van der Waals surface area (Å²) in [6.45, 7) is 2.30. The highest BCUT2D eigenvalue weighted by Crippen LogP contribution is 2.25. The minimum absolute atomic E-state index is 1.15. The van der Waals surface area contributed by atoms with E-state index < -0.39 is 0 Å². The lowest BCUT2D eigenvalue weighted by Crippen LogP contribution is -2.47. The van der Waals surface area contributed by atoms with E-state index >= 15 is 0 Å². The number of pyridine rings is 2. The van der Waals surface area contributed by atoms with Crippen LogP contribution in [-0.4, -0.2) is 11.5 Å². The van der Waals surface area contributed by atoms with E-state index in [0.717, 1.165) is 13.1 Å². The number of hydrogen-bond donors (Lipinski definition) is 0. The van der Waals surface area contributed by atoms with Gasteiger partial charge in [-0.3, -0.25) is 0 Å². The fourth-order valence-electron chi connectivity index (χ4n) is 3.00. The van der Waals surface area contributed by atoms with Crippen LogP contribution in [-0.2, 0) is 13.1 Å². The largest absolute Gasteiger partial charge is 0.278 e. The van der Waals surface area contributed by atoms with E-state index in [0.29, 0.717) is 0 Å². The fraction of sp³-hybridized carbons (Fsp3) is 0.375. The summed E-state index contributed by atoms with van der Waals surface area (Å²) in [6, 6.07) is 13.5. The average molecular weight is 302 g/mol. The lowest BCUT2D eigenvalue weighted by molar-refractivity contribution is -0.751. The molecular formula is C16H18N2S2+2. The van der Waals surface area contributed by atoms with E-state index in [9.17, 15) is 0 Å². The summed E-state index contributed by atoms with van der Waals surface area (Å²) in [6.07, 6.45) is 2.54. The number of rotatable bonds is 1. The molecule has 0 spiro atoms. The first-order valence-corrected chi connectivity index (χ1v) is 9.22. The molecule has 4 heteroatoms. The number of fused-ring (bicyclic) bond motifs is 2. The molecule has 0 aliphatic carbocycles. The Morgan fingerprint density at radius 2 is 1.20 bits per heavy atom. The van der Waals surface area contributed by atoms with Gasteiger partial charge in [-0.15, -0.1) is 0 Å². The molecule has 0 N–H and O–H groups in total. The van der Waals surface area contributed by atoms with Gasteiger partial charge in [-0.25, -0.2) is 0 Å². The molecule has 0 radical (unpaired) electrons. The van der Waals surface area contributed by atoms with Crippen molar-refractivity contribution >= 4 is 23.5 Å². The molecule has 0 atom stereocenters. The smallest absolute Gasteiger partial charge is 0.181 e. The summed E-state index contributed by atoms with van der Waals surface area (Å²) in [5, 5.41) is 2.82. The van der Waals surface area contributed by atoms with Crippen molar-refractivity contribution in [3.05, 3.63) is 36.4 Å². The van der Waals surface area contributed by atoms with Gasteiger partial charge in [0, 0.05) is 48.6 Å². The monoisotopic (exact) mass is 302 g/mol. The topological polar surface area (TPSA) is 7.76 Å². The van der Waals surface area contributed by atoms with Gasteiger partial charge in [0.1, 0.15) is 0 Å². The normalized spacial score (nSPS) is 17.4. The molecule has 4 rings (SSSR count). The van der Waals surface area contributed by atoms with E-state index in [-0.39, 0.29) is 0 Å². The van der Waals surface area contributed by atoms with Gasteiger partial charge >= 0.3 is 0 Å². The second-order valence-electron chi connectivity index (χ2n) is 5.21. The van der Waals surface area contributed by atoms with Gasteiger partial charge in [0.15, 0.2) is 13.1 Å². The van der Waals surface area contributed by atoms with E-state index in [1.807, 2.05) is 23.5 Å². The molecule has 4 heterocycles. The SMILES string of the molecule is c1cc2[n+](c(-c3cccc4[n+]3CCCS4)c1)CCCS2. The molecule has 0 saturated carbocycles. The standard InChI is InChI=1S/C16H18N2S2/c1-5-13(17-9-3-11-19-15(17)7-1)14-6-2-8-16-18(14)10-4-12-20-16/h1-2,5-8H,3-4,9-12H2/q+2. The Morgan fingerprint density at radius 3 is 1.70 bits per heavy atom. The lowest BCUT2D eigenvalue weighted by Gasteiger charge is -2.14. The van der Waals surface area contributed by atoms with Crippen LogP contribution in [0.2, 0.25) is 0 Å². The predicted octanol–water partition coefficient (Wildman–Crippen LogP) is 2.92. The molecule has 0 unspecified atom stereocenters. The highest BCUT2D eigenvalue weighted by Gasteiger charge is 2.30. The summed E-state index contributed by atoms with van der Waals surface area (Å²) in [4.78, 5) is 0. The second-order valence-corrected chi connectivity index (χ2v) is 7.44. The van der Waals surface area contributed by atoms with Crippen LogP contribution in [0.15, 0.2) is 46.5 Å². The average Bonchev–Trinajstić information content (AvgIpc) is 2.54. The molecule has 2 aromatic heterocycles. The molecule has 102 valence electrons. The fourth-order valence-corrected chi connectivity index (χ4v) is 5.01.